The van der Waals surface area contributed by atoms with Crippen molar-refractivity contribution in [2.45, 2.75) is 19.3 Å². The Morgan fingerprint density at radius 1 is 1.29 bits per heavy atom. The number of benzene rings is 1. The van der Waals surface area contributed by atoms with Gasteiger partial charge in [-0.3, -0.25) is 4.99 Å². The van der Waals surface area contributed by atoms with Gasteiger partial charge in [-0.15, -0.1) is 24.0 Å². The summed E-state index contributed by atoms with van der Waals surface area (Å²) in [6, 6.07) is 5.53. The number of guanidine groups is 1. The van der Waals surface area contributed by atoms with Crippen LogP contribution in [0, 0.1) is 5.92 Å². The number of piperidine rings is 1. The van der Waals surface area contributed by atoms with Gasteiger partial charge in [-0.05, 0) is 57.5 Å². The van der Waals surface area contributed by atoms with E-state index in [0.29, 0.717) is 11.7 Å². The predicted octanol–water partition coefficient (Wildman–Crippen LogP) is 2.78. The molecule has 0 radical (unpaired) electrons. The first-order chi connectivity index (χ1) is 11.1. The lowest BCUT2D eigenvalue weighted by molar-refractivity contribution is 0.214. The third kappa shape index (κ3) is 6.35. The number of rotatable bonds is 6. The molecule has 2 rings (SSSR count). The number of hydrogen-bond donors (Lipinski definition) is 2. The molecule has 1 fully saturated rings. The van der Waals surface area contributed by atoms with Gasteiger partial charge in [0.1, 0.15) is 11.5 Å². The number of hydrogen-bond acceptors (Lipinski definition) is 4. The third-order valence-corrected chi connectivity index (χ3v) is 4.33. The predicted molar refractivity (Wildman–Crippen MR) is 110 cm³/mol. The zero-order chi connectivity index (χ0) is 16.7. The number of nitrogens with two attached hydrogens (primary N) is 1. The maximum atomic E-state index is 5.99. The van der Waals surface area contributed by atoms with Gasteiger partial charge in [-0.2, -0.15) is 0 Å². The minimum absolute atomic E-state index is 0. The van der Waals surface area contributed by atoms with Crippen LogP contribution in [0.4, 0.5) is 5.69 Å². The van der Waals surface area contributed by atoms with E-state index in [1.54, 1.807) is 14.2 Å². The average Bonchev–Trinajstić information content (AvgIpc) is 2.56. The number of ether oxygens (including phenoxy) is 2. The zero-order valence-corrected chi connectivity index (χ0v) is 17.1. The van der Waals surface area contributed by atoms with Gasteiger partial charge in [0.2, 0.25) is 0 Å². The summed E-state index contributed by atoms with van der Waals surface area (Å²) >= 11 is 0. The third-order valence-electron chi connectivity index (χ3n) is 4.33. The number of aliphatic imine (C=N–C) groups is 1. The van der Waals surface area contributed by atoms with E-state index >= 15 is 0 Å². The van der Waals surface area contributed by atoms with E-state index in [4.69, 9.17) is 15.2 Å². The van der Waals surface area contributed by atoms with Crippen molar-refractivity contribution in [3.05, 3.63) is 18.2 Å². The molecule has 3 N–H and O–H groups in total. The summed E-state index contributed by atoms with van der Waals surface area (Å²) in [6.07, 6.45) is 3.59. The molecule has 1 aliphatic rings. The molecule has 1 heterocycles. The quantitative estimate of drug-likeness (QED) is 0.398. The minimum atomic E-state index is 0. The van der Waals surface area contributed by atoms with Crippen LogP contribution in [0.5, 0.6) is 11.5 Å². The molecule has 0 atom stereocenters. The highest BCUT2D eigenvalue weighted by atomic mass is 127. The van der Waals surface area contributed by atoms with Crippen LogP contribution in [-0.4, -0.2) is 51.8 Å². The molecule has 0 unspecified atom stereocenters. The average molecular weight is 448 g/mol. The van der Waals surface area contributed by atoms with Crippen LogP contribution in [0.15, 0.2) is 23.2 Å². The van der Waals surface area contributed by atoms with Crippen LogP contribution in [-0.2, 0) is 0 Å². The van der Waals surface area contributed by atoms with E-state index in [1.807, 2.05) is 18.2 Å². The van der Waals surface area contributed by atoms with Crippen molar-refractivity contribution >= 4 is 35.6 Å². The first kappa shape index (κ1) is 20.8. The maximum Gasteiger partial charge on any atom is 0.193 e. The lowest BCUT2D eigenvalue weighted by atomic mass is 9.94. The van der Waals surface area contributed by atoms with E-state index < -0.39 is 0 Å². The van der Waals surface area contributed by atoms with Gasteiger partial charge in [0.25, 0.3) is 0 Å². The molecule has 1 aliphatic heterocycles. The number of halogens is 1. The monoisotopic (exact) mass is 448 g/mol. The largest absolute Gasteiger partial charge is 0.497 e. The Balaban J connectivity index is 0.00000288. The van der Waals surface area contributed by atoms with Crippen LogP contribution < -0.4 is 20.5 Å². The minimum Gasteiger partial charge on any atom is -0.497 e. The molecular weight excluding hydrogens is 419 g/mol. The molecule has 1 aromatic rings. The molecule has 0 spiro atoms. The van der Waals surface area contributed by atoms with Gasteiger partial charge in [-0.1, -0.05) is 0 Å². The summed E-state index contributed by atoms with van der Waals surface area (Å²) < 4.78 is 10.5. The van der Waals surface area contributed by atoms with Crippen molar-refractivity contribution in [2.24, 2.45) is 16.6 Å². The molecule has 0 amide bonds. The lowest BCUT2D eigenvalue weighted by Gasteiger charge is -2.28. The second-order valence-corrected chi connectivity index (χ2v) is 5.99. The van der Waals surface area contributed by atoms with Gasteiger partial charge in [0.15, 0.2) is 5.96 Å². The summed E-state index contributed by atoms with van der Waals surface area (Å²) in [6.45, 7) is 3.12. The number of methoxy groups -OCH3 is 2. The van der Waals surface area contributed by atoms with Crippen LogP contribution in [0.25, 0.3) is 0 Å². The van der Waals surface area contributed by atoms with Crippen molar-refractivity contribution in [1.29, 1.82) is 0 Å². The molecule has 24 heavy (non-hydrogen) atoms. The number of anilines is 1. The van der Waals surface area contributed by atoms with Gasteiger partial charge in [0, 0.05) is 12.6 Å². The molecule has 0 saturated carbocycles. The van der Waals surface area contributed by atoms with E-state index in [2.05, 4.69) is 22.3 Å². The highest BCUT2D eigenvalue weighted by molar-refractivity contribution is 14.0. The lowest BCUT2D eigenvalue weighted by Crippen LogP contribution is -2.30. The SMILES string of the molecule is COc1ccc(OC)c(NC(N)=NCCC2CCN(C)CC2)c1.I. The molecule has 0 bridgehead atoms. The fourth-order valence-corrected chi connectivity index (χ4v) is 2.81. The first-order valence-corrected chi connectivity index (χ1v) is 8.10. The Hall–Kier alpha value is -1.22. The van der Waals surface area contributed by atoms with Crippen molar-refractivity contribution in [1.82, 2.24) is 4.90 Å². The van der Waals surface area contributed by atoms with Gasteiger partial charge in [-0.25, -0.2) is 0 Å². The number of nitrogens with zero attached hydrogens (tertiary/aromatic N) is 2. The summed E-state index contributed by atoms with van der Waals surface area (Å²) in [5.41, 5.74) is 6.75. The van der Waals surface area contributed by atoms with Gasteiger partial charge < -0.3 is 25.4 Å². The Kier molecular flexibility index (Phi) is 9.20. The normalized spacial score (nSPS) is 16.4. The highest BCUT2D eigenvalue weighted by Gasteiger charge is 2.15. The summed E-state index contributed by atoms with van der Waals surface area (Å²) in [5.74, 6) is 2.62. The van der Waals surface area contributed by atoms with Crippen LogP contribution in [0.2, 0.25) is 0 Å². The van der Waals surface area contributed by atoms with E-state index in [9.17, 15) is 0 Å². The molecular formula is C17H29IN4O2. The fraction of sp³-hybridized carbons (Fsp3) is 0.588. The molecule has 6 nitrogen and oxygen atoms in total. The fourth-order valence-electron chi connectivity index (χ4n) is 2.81. The highest BCUT2D eigenvalue weighted by Crippen LogP contribution is 2.28. The van der Waals surface area contributed by atoms with Gasteiger partial charge >= 0.3 is 0 Å². The van der Waals surface area contributed by atoms with Gasteiger partial charge in [0.05, 0.1) is 19.9 Å². The van der Waals surface area contributed by atoms with Crippen LogP contribution >= 0.6 is 24.0 Å². The van der Waals surface area contributed by atoms with E-state index in [1.165, 1.54) is 25.9 Å². The van der Waals surface area contributed by atoms with E-state index in [0.717, 1.165) is 30.3 Å². The number of likely N-dealkylation sites (tertiary alicyclic amines) is 1. The van der Waals surface area contributed by atoms with Crippen molar-refractivity contribution < 1.29 is 9.47 Å². The van der Waals surface area contributed by atoms with Crippen LogP contribution in [0.3, 0.4) is 0 Å². The summed E-state index contributed by atoms with van der Waals surface area (Å²) in [5, 5.41) is 3.10. The topological polar surface area (TPSA) is 72.1 Å². The van der Waals surface area contributed by atoms with Crippen molar-refractivity contribution in [2.75, 3.05) is 46.2 Å². The van der Waals surface area contributed by atoms with E-state index in [-0.39, 0.29) is 24.0 Å². The Labute approximate surface area is 161 Å². The summed E-state index contributed by atoms with van der Waals surface area (Å²) in [7, 11) is 5.43. The van der Waals surface area contributed by atoms with Crippen molar-refractivity contribution in [3.63, 3.8) is 0 Å². The molecule has 0 aliphatic carbocycles. The number of nitrogens with one attached hydrogen (secondary N) is 1. The first-order valence-electron chi connectivity index (χ1n) is 8.10. The molecule has 1 saturated heterocycles. The standard InChI is InChI=1S/C17H28N4O2.HI/c1-21-10-7-13(8-11-21)6-9-19-17(18)20-15-12-14(22-2)4-5-16(15)23-3;/h4-5,12-13H,6-11H2,1-3H3,(H3,18,19,20);1H. The van der Waals surface area contributed by atoms with Crippen molar-refractivity contribution in [3.8, 4) is 11.5 Å². The molecule has 7 heteroatoms. The second-order valence-electron chi connectivity index (χ2n) is 5.99. The Morgan fingerprint density at radius 3 is 2.62 bits per heavy atom. The summed E-state index contributed by atoms with van der Waals surface area (Å²) in [4.78, 5) is 6.82. The maximum absolute atomic E-state index is 5.99. The Bertz CT molecular complexity index is 531. The van der Waals surface area contributed by atoms with Crippen LogP contribution in [0.1, 0.15) is 19.3 Å². The molecule has 0 aromatic heterocycles. The zero-order valence-electron chi connectivity index (χ0n) is 14.7. The Morgan fingerprint density at radius 2 is 2.00 bits per heavy atom. The molecule has 1 aromatic carbocycles. The second kappa shape index (κ2) is 10.6. The smallest absolute Gasteiger partial charge is 0.193 e. The molecule has 136 valence electrons.